The second-order valence-electron chi connectivity index (χ2n) is 4.57. The summed E-state index contributed by atoms with van der Waals surface area (Å²) >= 11 is 5.86. The number of nitrogens with one attached hydrogen (secondary N) is 1. The molecule has 0 saturated heterocycles. The number of rotatable bonds is 4. The van der Waals surface area contributed by atoms with Crippen LogP contribution in [0.4, 0.5) is 0 Å². The third kappa shape index (κ3) is 3.69. The van der Waals surface area contributed by atoms with Crippen molar-refractivity contribution >= 4 is 11.6 Å². The molecule has 0 aliphatic rings. The molecule has 0 aliphatic carbocycles. The molecule has 0 spiro atoms. The molecule has 0 saturated carbocycles. The fourth-order valence-corrected chi connectivity index (χ4v) is 1.98. The van der Waals surface area contributed by atoms with Gasteiger partial charge in [0, 0.05) is 23.3 Å². The molecular formula is C15H17ClN2O. The molecule has 1 aromatic carbocycles. The number of aromatic nitrogens is 1. The normalized spacial score (nSPS) is 12.4. The van der Waals surface area contributed by atoms with Crippen LogP contribution >= 0.6 is 11.6 Å². The molecule has 0 unspecified atom stereocenters. The van der Waals surface area contributed by atoms with E-state index in [-0.39, 0.29) is 11.8 Å². The molecule has 2 N–H and O–H groups in total. The molecule has 2 rings (SSSR count). The van der Waals surface area contributed by atoms with E-state index < -0.39 is 0 Å². The van der Waals surface area contributed by atoms with Crippen molar-refractivity contribution in [1.82, 2.24) is 10.3 Å². The second kappa shape index (κ2) is 6.04. The van der Waals surface area contributed by atoms with E-state index in [4.69, 9.17) is 11.6 Å². The first-order chi connectivity index (χ1) is 9.06. The van der Waals surface area contributed by atoms with Crippen molar-refractivity contribution in [3.8, 4) is 5.75 Å². The lowest BCUT2D eigenvalue weighted by Gasteiger charge is -2.14. The van der Waals surface area contributed by atoms with Crippen LogP contribution in [0.5, 0.6) is 5.75 Å². The van der Waals surface area contributed by atoms with Crippen molar-refractivity contribution in [2.75, 3.05) is 0 Å². The maximum atomic E-state index is 9.73. The zero-order valence-corrected chi connectivity index (χ0v) is 11.8. The second-order valence-corrected chi connectivity index (χ2v) is 5.01. The summed E-state index contributed by atoms with van der Waals surface area (Å²) in [6.45, 7) is 4.50. The minimum absolute atomic E-state index is 0.166. The first kappa shape index (κ1) is 13.8. The van der Waals surface area contributed by atoms with Crippen molar-refractivity contribution < 1.29 is 5.11 Å². The van der Waals surface area contributed by atoms with Crippen molar-refractivity contribution in [3.05, 3.63) is 58.4 Å². The molecule has 2 aromatic rings. The highest BCUT2D eigenvalue weighted by Crippen LogP contribution is 2.18. The quantitative estimate of drug-likeness (QED) is 0.897. The van der Waals surface area contributed by atoms with Gasteiger partial charge in [-0.1, -0.05) is 23.7 Å². The Balaban J connectivity index is 2.02. The smallest absolute Gasteiger partial charge is 0.138 e. The van der Waals surface area contributed by atoms with Gasteiger partial charge < -0.3 is 10.4 Å². The summed E-state index contributed by atoms with van der Waals surface area (Å²) in [5, 5.41) is 13.8. The third-order valence-corrected chi connectivity index (χ3v) is 3.29. The largest absolute Gasteiger partial charge is 0.506 e. The number of aromatic hydroxyl groups is 1. The van der Waals surface area contributed by atoms with E-state index >= 15 is 0 Å². The van der Waals surface area contributed by atoms with E-state index in [0.29, 0.717) is 12.2 Å². The fraction of sp³-hybridized carbons (Fsp3) is 0.267. The van der Waals surface area contributed by atoms with Crippen molar-refractivity contribution in [3.63, 3.8) is 0 Å². The fourth-order valence-electron chi connectivity index (χ4n) is 1.85. The van der Waals surface area contributed by atoms with Crippen LogP contribution in [0.15, 0.2) is 36.4 Å². The highest BCUT2D eigenvalue weighted by atomic mass is 35.5. The highest BCUT2D eigenvalue weighted by molar-refractivity contribution is 6.30. The predicted octanol–water partition coefficient (Wildman–Crippen LogP) is 3.60. The molecule has 0 fully saturated rings. The maximum absolute atomic E-state index is 9.73. The van der Waals surface area contributed by atoms with Crippen LogP contribution in [0.2, 0.25) is 5.02 Å². The molecule has 19 heavy (non-hydrogen) atoms. The van der Waals surface area contributed by atoms with E-state index in [2.05, 4.69) is 17.2 Å². The van der Waals surface area contributed by atoms with Gasteiger partial charge >= 0.3 is 0 Å². The van der Waals surface area contributed by atoms with Gasteiger partial charge in [-0.05, 0) is 43.7 Å². The predicted molar refractivity (Wildman–Crippen MR) is 77.3 cm³/mol. The van der Waals surface area contributed by atoms with Crippen LogP contribution in [-0.2, 0) is 6.54 Å². The molecule has 1 atom stereocenters. The average Bonchev–Trinajstić information content (AvgIpc) is 2.40. The topological polar surface area (TPSA) is 45.1 Å². The van der Waals surface area contributed by atoms with Gasteiger partial charge in [-0.2, -0.15) is 0 Å². The first-order valence-electron chi connectivity index (χ1n) is 6.20. The average molecular weight is 277 g/mol. The van der Waals surface area contributed by atoms with Crippen molar-refractivity contribution in [2.45, 2.75) is 26.4 Å². The van der Waals surface area contributed by atoms with Gasteiger partial charge in [0.1, 0.15) is 5.75 Å². The van der Waals surface area contributed by atoms with Gasteiger partial charge in [0.15, 0.2) is 0 Å². The Labute approximate surface area is 118 Å². The Kier molecular flexibility index (Phi) is 4.40. The highest BCUT2D eigenvalue weighted by Gasteiger charge is 2.08. The Hall–Kier alpha value is -1.58. The molecular weight excluding hydrogens is 260 g/mol. The minimum atomic E-state index is 0.166. The molecule has 0 amide bonds. The summed E-state index contributed by atoms with van der Waals surface area (Å²) in [7, 11) is 0. The van der Waals surface area contributed by atoms with Gasteiger partial charge in [-0.3, -0.25) is 4.98 Å². The van der Waals surface area contributed by atoms with E-state index in [1.54, 1.807) is 12.1 Å². The standard InChI is InChI=1S/C15H17ClN2O/c1-10-3-8-15(19)14(18-10)9-17-11(2)12-4-6-13(16)7-5-12/h3-8,11,17,19H,9H2,1-2H3/t11-/m1/s1. The first-order valence-corrected chi connectivity index (χ1v) is 6.58. The molecule has 0 aliphatic heterocycles. The van der Waals surface area contributed by atoms with E-state index in [0.717, 1.165) is 16.3 Å². The van der Waals surface area contributed by atoms with E-state index in [1.165, 1.54) is 0 Å². The number of hydrogen-bond donors (Lipinski definition) is 2. The Morgan fingerprint density at radius 1 is 1.21 bits per heavy atom. The summed E-state index contributed by atoms with van der Waals surface area (Å²) in [5.41, 5.74) is 2.71. The molecule has 1 heterocycles. The monoisotopic (exact) mass is 276 g/mol. The SMILES string of the molecule is Cc1ccc(O)c(CN[C@H](C)c2ccc(Cl)cc2)n1. The lowest BCUT2D eigenvalue weighted by molar-refractivity contribution is 0.454. The number of benzene rings is 1. The summed E-state index contributed by atoms with van der Waals surface area (Å²) < 4.78 is 0. The Morgan fingerprint density at radius 3 is 2.58 bits per heavy atom. The number of pyridine rings is 1. The minimum Gasteiger partial charge on any atom is -0.506 e. The van der Waals surface area contributed by atoms with E-state index in [9.17, 15) is 5.11 Å². The van der Waals surface area contributed by atoms with Gasteiger partial charge in [0.25, 0.3) is 0 Å². The van der Waals surface area contributed by atoms with Crippen LogP contribution in [0.25, 0.3) is 0 Å². The Bertz CT molecular complexity index is 555. The lowest BCUT2D eigenvalue weighted by atomic mass is 10.1. The van der Waals surface area contributed by atoms with Crippen LogP contribution in [0.3, 0.4) is 0 Å². The number of hydrogen-bond acceptors (Lipinski definition) is 3. The molecule has 0 radical (unpaired) electrons. The summed E-state index contributed by atoms with van der Waals surface area (Å²) in [4.78, 5) is 4.32. The summed E-state index contributed by atoms with van der Waals surface area (Å²) in [5.74, 6) is 0.224. The lowest BCUT2D eigenvalue weighted by Crippen LogP contribution is -2.19. The summed E-state index contributed by atoms with van der Waals surface area (Å²) in [6, 6.07) is 11.4. The van der Waals surface area contributed by atoms with Gasteiger partial charge in [-0.15, -0.1) is 0 Å². The summed E-state index contributed by atoms with van der Waals surface area (Å²) in [6.07, 6.45) is 0. The molecule has 0 bridgehead atoms. The van der Waals surface area contributed by atoms with Gasteiger partial charge in [0.2, 0.25) is 0 Å². The number of halogens is 1. The van der Waals surface area contributed by atoms with Crippen LogP contribution in [0, 0.1) is 6.92 Å². The van der Waals surface area contributed by atoms with Crippen LogP contribution < -0.4 is 5.32 Å². The molecule has 4 heteroatoms. The maximum Gasteiger partial charge on any atom is 0.138 e. The van der Waals surface area contributed by atoms with Crippen molar-refractivity contribution in [2.24, 2.45) is 0 Å². The van der Waals surface area contributed by atoms with E-state index in [1.807, 2.05) is 31.2 Å². The zero-order chi connectivity index (χ0) is 13.8. The Morgan fingerprint density at radius 2 is 1.89 bits per heavy atom. The molecule has 1 aromatic heterocycles. The molecule has 3 nitrogen and oxygen atoms in total. The third-order valence-electron chi connectivity index (χ3n) is 3.04. The van der Waals surface area contributed by atoms with Crippen LogP contribution in [-0.4, -0.2) is 10.1 Å². The number of nitrogens with zero attached hydrogens (tertiary/aromatic N) is 1. The molecule has 100 valence electrons. The van der Waals surface area contributed by atoms with Gasteiger partial charge in [-0.25, -0.2) is 0 Å². The van der Waals surface area contributed by atoms with Crippen molar-refractivity contribution in [1.29, 1.82) is 0 Å². The number of aryl methyl sites for hydroxylation is 1. The van der Waals surface area contributed by atoms with Crippen LogP contribution in [0.1, 0.15) is 29.9 Å². The zero-order valence-electron chi connectivity index (χ0n) is 11.0. The van der Waals surface area contributed by atoms with Gasteiger partial charge in [0.05, 0.1) is 5.69 Å².